The second-order valence-corrected chi connectivity index (χ2v) is 13.7. The molecule has 6 aromatic carbocycles. The lowest BCUT2D eigenvalue weighted by Crippen LogP contribution is -2.15. The summed E-state index contributed by atoms with van der Waals surface area (Å²) in [5, 5.41) is 3.86. The van der Waals surface area contributed by atoms with Crippen molar-refractivity contribution in [3.63, 3.8) is 0 Å². The van der Waals surface area contributed by atoms with Gasteiger partial charge in [-0.1, -0.05) is 111 Å². The van der Waals surface area contributed by atoms with Crippen LogP contribution in [0.3, 0.4) is 0 Å². The molecule has 2 aromatic heterocycles. The fourth-order valence-electron chi connectivity index (χ4n) is 8.47. The third kappa shape index (κ3) is 3.80. The van der Waals surface area contributed by atoms with Crippen molar-refractivity contribution in [1.29, 1.82) is 0 Å². The van der Waals surface area contributed by atoms with E-state index in [2.05, 4.69) is 181 Å². The Hall–Kier alpha value is -5.86. The smallest absolute Gasteiger partial charge is 0.0541 e. The Kier molecular flexibility index (Phi) is 5.72. The molecule has 2 aliphatic carbocycles. The first-order valence-electron chi connectivity index (χ1n) is 16.9. The van der Waals surface area contributed by atoms with Gasteiger partial charge in [-0.3, -0.25) is 0 Å². The molecule has 0 spiro atoms. The highest BCUT2D eigenvalue weighted by atomic mass is 15.0. The van der Waals surface area contributed by atoms with E-state index in [-0.39, 0.29) is 5.41 Å². The highest BCUT2D eigenvalue weighted by Gasteiger charge is 2.35. The summed E-state index contributed by atoms with van der Waals surface area (Å²) < 4.78 is 4.86. The van der Waals surface area contributed by atoms with Gasteiger partial charge in [-0.15, -0.1) is 0 Å². The Morgan fingerprint density at radius 2 is 1.19 bits per heavy atom. The maximum Gasteiger partial charge on any atom is 0.0541 e. The van der Waals surface area contributed by atoms with Gasteiger partial charge in [0.05, 0.1) is 22.2 Å². The first-order chi connectivity index (χ1) is 23.6. The van der Waals surface area contributed by atoms with E-state index < -0.39 is 0 Å². The maximum atomic E-state index is 2.45. The quantitative estimate of drug-likeness (QED) is 0.187. The number of nitrogens with zero attached hydrogens (tertiary/aromatic N) is 2. The van der Waals surface area contributed by atoms with E-state index in [0.29, 0.717) is 0 Å². The predicted molar refractivity (Wildman–Crippen MR) is 202 cm³/mol. The van der Waals surface area contributed by atoms with Crippen molar-refractivity contribution in [3.05, 3.63) is 174 Å². The van der Waals surface area contributed by atoms with Crippen molar-refractivity contribution < 1.29 is 0 Å². The van der Waals surface area contributed by atoms with E-state index in [1.54, 1.807) is 0 Å². The fraction of sp³-hybridized carbons (Fsp3) is 0.0870. The number of allylic oxidation sites excluding steroid dienone is 3. The first-order valence-corrected chi connectivity index (χ1v) is 16.9. The molecule has 0 aliphatic heterocycles. The molecule has 0 radical (unpaired) electrons. The number of hydrogen-bond acceptors (Lipinski definition) is 0. The molecule has 0 bridgehead atoms. The summed E-state index contributed by atoms with van der Waals surface area (Å²) in [4.78, 5) is 0. The van der Waals surface area contributed by atoms with Crippen molar-refractivity contribution >= 4 is 38.8 Å². The molecule has 0 N–H and O–H groups in total. The zero-order chi connectivity index (χ0) is 32.0. The molecule has 0 unspecified atom stereocenters. The van der Waals surface area contributed by atoms with E-state index in [9.17, 15) is 0 Å². The Morgan fingerprint density at radius 1 is 0.500 bits per heavy atom. The van der Waals surface area contributed by atoms with Crippen molar-refractivity contribution in [3.8, 4) is 33.6 Å². The summed E-state index contributed by atoms with van der Waals surface area (Å²) in [6.45, 7) is 4.71. The largest absolute Gasteiger partial charge is 0.310 e. The molecule has 0 fully saturated rings. The van der Waals surface area contributed by atoms with Gasteiger partial charge in [0.2, 0.25) is 0 Å². The lowest BCUT2D eigenvalue weighted by atomic mass is 9.82. The summed E-state index contributed by atoms with van der Waals surface area (Å²) >= 11 is 0. The van der Waals surface area contributed by atoms with E-state index >= 15 is 0 Å². The van der Waals surface area contributed by atoms with Gasteiger partial charge in [-0.25, -0.2) is 0 Å². The van der Waals surface area contributed by atoms with Crippen LogP contribution in [0.1, 0.15) is 36.2 Å². The molecule has 10 rings (SSSR count). The predicted octanol–water partition coefficient (Wildman–Crippen LogP) is 11.8. The van der Waals surface area contributed by atoms with E-state index in [4.69, 9.17) is 0 Å². The summed E-state index contributed by atoms with van der Waals surface area (Å²) in [6, 6.07) is 49.5. The molecule has 2 aliphatic rings. The van der Waals surface area contributed by atoms with Gasteiger partial charge in [-0.2, -0.15) is 0 Å². The van der Waals surface area contributed by atoms with Crippen LogP contribution >= 0.6 is 0 Å². The summed E-state index contributed by atoms with van der Waals surface area (Å²) in [7, 11) is 0. The van der Waals surface area contributed by atoms with Crippen LogP contribution in [0.5, 0.6) is 0 Å². The summed E-state index contributed by atoms with van der Waals surface area (Å²) in [5.74, 6) is 0. The van der Waals surface area contributed by atoms with Crippen molar-refractivity contribution in [2.45, 2.75) is 25.7 Å². The number of hydrogen-bond donors (Lipinski definition) is 0. The Balaban J connectivity index is 1.15. The molecule has 2 heteroatoms. The van der Waals surface area contributed by atoms with Gasteiger partial charge >= 0.3 is 0 Å². The highest BCUT2D eigenvalue weighted by molar-refractivity contribution is 6.10. The Morgan fingerprint density at radius 3 is 2.04 bits per heavy atom. The molecule has 2 heterocycles. The molecule has 48 heavy (non-hydrogen) atoms. The van der Waals surface area contributed by atoms with E-state index in [1.165, 1.54) is 88.7 Å². The van der Waals surface area contributed by atoms with Crippen molar-refractivity contribution in [1.82, 2.24) is 9.13 Å². The topological polar surface area (TPSA) is 9.86 Å². The number of rotatable bonds is 3. The molecule has 0 saturated heterocycles. The van der Waals surface area contributed by atoms with Gasteiger partial charge in [0.1, 0.15) is 0 Å². The Bertz CT molecular complexity index is 2660. The SMILES string of the molecule is CC1(C)c2ccccc2-c2ccc(-n3c4ccccc4c4cc(-c5ccc6c(c5)c5c(n6-c6ccccc6)C=CC=CC5)ccc43)cc21. The molecule has 0 atom stereocenters. The minimum Gasteiger partial charge on any atom is -0.310 e. The van der Waals surface area contributed by atoms with Crippen LogP contribution in [-0.2, 0) is 11.8 Å². The monoisotopic (exact) mass is 614 g/mol. The van der Waals surface area contributed by atoms with Crippen molar-refractivity contribution in [2.75, 3.05) is 0 Å². The van der Waals surface area contributed by atoms with Gasteiger partial charge in [0.25, 0.3) is 0 Å². The van der Waals surface area contributed by atoms with E-state index in [1.807, 2.05) is 0 Å². The normalized spacial score (nSPS) is 14.4. The van der Waals surface area contributed by atoms with Crippen LogP contribution in [-0.4, -0.2) is 9.13 Å². The molecular weight excluding hydrogens is 581 g/mol. The molecule has 8 aromatic rings. The van der Waals surface area contributed by atoms with Gasteiger partial charge in [0.15, 0.2) is 0 Å². The molecule has 228 valence electrons. The minimum atomic E-state index is -0.0459. The second kappa shape index (κ2) is 10.1. The van der Waals surface area contributed by atoms with Crippen LogP contribution in [0, 0.1) is 0 Å². The third-order valence-electron chi connectivity index (χ3n) is 10.8. The molecule has 0 amide bonds. The number of benzene rings is 6. The fourth-order valence-corrected chi connectivity index (χ4v) is 8.47. The number of para-hydroxylation sites is 2. The standard InChI is InChI=1S/C46H34N2/c1-46(2)40-18-11-9-15-34(40)35-24-23-33(29-41(35)46)48-43-20-12-10-17-37(43)39-28-31(22-26-45(39)48)30-21-25-44-38(27-30)36-16-7-4-8-19-42(36)47(44)32-13-5-3-6-14-32/h3-15,17-29H,16H2,1-2H3. The zero-order valence-corrected chi connectivity index (χ0v) is 27.1. The van der Waals surface area contributed by atoms with Gasteiger partial charge < -0.3 is 9.13 Å². The van der Waals surface area contributed by atoms with Crippen LogP contribution in [0.4, 0.5) is 0 Å². The first kappa shape index (κ1) is 27.3. The lowest BCUT2D eigenvalue weighted by molar-refractivity contribution is 0.660. The molecule has 2 nitrogen and oxygen atoms in total. The third-order valence-corrected chi connectivity index (χ3v) is 10.8. The minimum absolute atomic E-state index is 0.0459. The summed E-state index contributed by atoms with van der Waals surface area (Å²) in [5.41, 5.74) is 16.7. The van der Waals surface area contributed by atoms with Crippen LogP contribution in [0.25, 0.3) is 72.4 Å². The molecular formula is C46H34N2. The van der Waals surface area contributed by atoms with E-state index in [0.717, 1.165) is 6.42 Å². The zero-order valence-electron chi connectivity index (χ0n) is 27.1. The van der Waals surface area contributed by atoms with Crippen LogP contribution in [0.2, 0.25) is 0 Å². The van der Waals surface area contributed by atoms with Gasteiger partial charge in [0, 0.05) is 32.9 Å². The van der Waals surface area contributed by atoms with Gasteiger partial charge in [-0.05, 0) is 106 Å². The number of aromatic nitrogens is 2. The van der Waals surface area contributed by atoms with Crippen molar-refractivity contribution in [2.24, 2.45) is 0 Å². The maximum absolute atomic E-state index is 2.45. The summed E-state index contributed by atoms with van der Waals surface area (Å²) in [6.07, 6.45) is 9.76. The molecule has 0 saturated carbocycles. The average molecular weight is 615 g/mol. The lowest BCUT2D eigenvalue weighted by Gasteiger charge is -2.22. The van der Waals surface area contributed by atoms with Crippen LogP contribution < -0.4 is 0 Å². The number of fused-ring (bicyclic) bond motifs is 9. The highest BCUT2D eigenvalue weighted by Crippen LogP contribution is 2.49. The second-order valence-electron chi connectivity index (χ2n) is 13.7. The van der Waals surface area contributed by atoms with Crippen LogP contribution in [0.15, 0.2) is 152 Å². The Labute approximate surface area is 280 Å². The average Bonchev–Trinajstić information content (AvgIpc) is 3.61.